The van der Waals surface area contributed by atoms with Gasteiger partial charge in [0.2, 0.25) is 11.0 Å². The minimum atomic E-state index is -0.156. The highest BCUT2D eigenvalue weighted by Gasteiger charge is 2.23. The van der Waals surface area contributed by atoms with Gasteiger partial charge in [0.15, 0.2) is 5.82 Å². The van der Waals surface area contributed by atoms with Crippen LogP contribution in [0, 0.1) is 0 Å². The van der Waals surface area contributed by atoms with Gasteiger partial charge in [0.25, 0.3) is 0 Å². The van der Waals surface area contributed by atoms with Crippen LogP contribution in [0.1, 0.15) is 53.3 Å². The predicted octanol–water partition coefficient (Wildman–Crippen LogP) is 2.40. The van der Waals surface area contributed by atoms with Gasteiger partial charge in [-0.1, -0.05) is 37.7 Å². The normalized spacial score (nSPS) is 12.9. The van der Waals surface area contributed by atoms with Gasteiger partial charge in [-0.2, -0.15) is 4.98 Å². The van der Waals surface area contributed by atoms with E-state index in [1.807, 2.05) is 0 Å². The fourth-order valence-corrected chi connectivity index (χ4v) is 2.33. The van der Waals surface area contributed by atoms with E-state index in [1.165, 1.54) is 11.8 Å². The van der Waals surface area contributed by atoms with Crippen LogP contribution in [-0.2, 0) is 16.7 Å². The Bertz CT molecular complexity index is 577. The summed E-state index contributed by atoms with van der Waals surface area (Å²) in [5.41, 5.74) is -0.267. The zero-order valence-corrected chi connectivity index (χ0v) is 13.5. The molecule has 0 atom stereocenters. The number of nitrogens with zero attached hydrogens (tertiary/aromatic N) is 6. The van der Waals surface area contributed by atoms with Crippen molar-refractivity contribution < 1.29 is 4.52 Å². The van der Waals surface area contributed by atoms with Crippen LogP contribution >= 0.6 is 11.8 Å². The highest BCUT2D eigenvalue weighted by molar-refractivity contribution is 7.98. The molecular weight excluding hydrogens is 276 g/mol. The van der Waals surface area contributed by atoms with Gasteiger partial charge in [-0.3, -0.25) is 0 Å². The summed E-state index contributed by atoms with van der Waals surface area (Å²) in [5.74, 6) is 1.85. The Morgan fingerprint density at radius 1 is 1.15 bits per heavy atom. The molecule has 7 nitrogen and oxygen atoms in total. The minimum absolute atomic E-state index is 0.112. The van der Waals surface area contributed by atoms with Gasteiger partial charge < -0.3 is 4.52 Å². The lowest BCUT2D eigenvalue weighted by Crippen LogP contribution is -2.24. The third kappa shape index (κ3) is 3.36. The summed E-state index contributed by atoms with van der Waals surface area (Å²) in [6.45, 7) is 12.3. The Morgan fingerprint density at radius 3 is 2.40 bits per heavy atom. The second kappa shape index (κ2) is 5.16. The van der Waals surface area contributed by atoms with E-state index in [1.54, 1.807) is 4.68 Å². The maximum Gasteiger partial charge on any atom is 0.237 e. The molecule has 2 aromatic rings. The largest absolute Gasteiger partial charge is 0.338 e. The Morgan fingerprint density at radius 2 is 1.85 bits per heavy atom. The molecule has 0 saturated carbocycles. The summed E-state index contributed by atoms with van der Waals surface area (Å²) in [6, 6.07) is 0. The lowest BCUT2D eigenvalue weighted by molar-refractivity contribution is 0.320. The predicted molar refractivity (Wildman–Crippen MR) is 75.4 cm³/mol. The summed E-state index contributed by atoms with van der Waals surface area (Å²) in [6.07, 6.45) is 0. The summed E-state index contributed by atoms with van der Waals surface area (Å²) >= 11 is 1.49. The molecule has 8 heteroatoms. The molecule has 0 N–H and O–H groups in total. The highest BCUT2D eigenvalue weighted by Crippen LogP contribution is 2.25. The van der Waals surface area contributed by atoms with Crippen LogP contribution in [0.25, 0.3) is 0 Å². The van der Waals surface area contributed by atoms with Crippen LogP contribution in [0.4, 0.5) is 0 Å². The van der Waals surface area contributed by atoms with E-state index in [4.69, 9.17) is 4.52 Å². The molecule has 0 bridgehead atoms. The van der Waals surface area contributed by atoms with Crippen molar-refractivity contribution in [3.05, 3.63) is 11.7 Å². The van der Waals surface area contributed by atoms with Gasteiger partial charge >= 0.3 is 0 Å². The van der Waals surface area contributed by atoms with Gasteiger partial charge in [-0.05, 0) is 31.2 Å². The molecule has 20 heavy (non-hydrogen) atoms. The van der Waals surface area contributed by atoms with Crippen LogP contribution in [-0.4, -0.2) is 30.3 Å². The van der Waals surface area contributed by atoms with E-state index in [0.717, 1.165) is 5.16 Å². The van der Waals surface area contributed by atoms with E-state index in [0.29, 0.717) is 17.5 Å². The average molecular weight is 296 g/mol. The smallest absolute Gasteiger partial charge is 0.237 e. The van der Waals surface area contributed by atoms with Crippen LogP contribution in [0.2, 0.25) is 0 Å². The second-order valence-electron chi connectivity index (χ2n) is 6.59. The molecule has 0 spiro atoms. The Hall–Kier alpha value is -1.44. The van der Waals surface area contributed by atoms with Crippen molar-refractivity contribution in [1.29, 1.82) is 0 Å². The van der Waals surface area contributed by atoms with E-state index in [2.05, 4.69) is 67.2 Å². The summed E-state index contributed by atoms with van der Waals surface area (Å²) in [4.78, 5) is 4.40. The minimum Gasteiger partial charge on any atom is -0.338 e. The molecule has 0 unspecified atom stereocenters. The molecule has 2 heterocycles. The summed E-state index contributed by atoms with van der Waals surface area (Å²) in [5, 5.41) is 16.5. The first-order chi connectivity index (χ1) is 9.18. The number of aromatic nitrogens is 6. The van der Waals surface area contributed by atoms with E-state index in [9.17, 15) is 0 Å². The quantitative estimate of drug-likeness (QED) is 0.804. The summed E-state index contributed by atoms with van der Waals surface area (Å²) in [7, 11) is 0. The molecular formula is C12H20N6OS. The fraction of sp³-hybridized carbons (Fsp3) is 0.750. The van der Waals surface area contributed by atoms with Crippen molar-refractivity contribution in [3.8, 4) is 0 Å². The van der Waals surface area contributed by atoms with Crippen LogP contribution in [0.15, 0.2) is 9.68 Å². The fourth-order valence-electron chi connectivity index (χ4n) is 1.43. The maximum atomic E-state index is 5.26. The number of tetrazole rings is 1. The van der Waals surface area contributed by atoms with Crippen molar-refractivity contribution in [3.63, 3.8) is 0 Å². The number of hydrogen-bond donors (Lipinski definition) is 0. The first kappa shape index (κ1) is 15.0. The highest BCUT2D eigenvalue weighted by atomic mass is 32.2. The average Bonchev–Trinajstić information content (AvgIpc) is 2.93. The molecule has 0 aromatic carbocycles. The zero-order chi connectivity index (χ0) is 15.0. The van der Waals surface area contributed by atoms with Crippen molar-refractivity contribution in [1.82, 2.24) is 30.3 Å². The molecule has 0 saturated heterocycles. The molecule has 0 aliphatic carbocycles. The number of hydrogen-bond acceptors (Lipinski definition) is 7. The number of thioether (sulfide) groups is 1. The third-order valence-corrected chi connectivity index (χ3v) is 3.44. The van der Waals surface area contributed by atoms with Gasteiger partial charge in [0.05, 0.1) is 11.3 Å². The number of rotatable bonds is 3. The van der Waals surface area contributed by atoms with Gasteiger partial charge in [0, 0.05) is 5.41 Å². The molecule has 2 rings (SSSR count). The maximum absolute atomic E-state index is 5.26. The van der Waals surface area contributed by atoms with Gasteiger partial charge in [-0.15, -0.1) is 5.10 Å². The van der Waals surface area contributed by atoms with E-state index >= 15 is 0 Å². The molecule has 110 valence electrons. The Kier molecular flexibility index (Phi) is 3.86. The molecule has 0 aliphatic heterocycles. The lowest BCUT2D eigenvalue weighted by atomic mass is 9.96. The van der Waals surface area contributed by atoms with Crippen molar-refractivity contribution in [2.24, 2.45) is 0 Å². The molecule has 0 aliphatic rings. The van der Waals surface area contributed by atoms with Crippen LogP contribution < -0.4 is 0 Å². The Labute approximate surface area is 122 Å². The SMILES string of the molecule is CC(C)(C)c1noc(CSc2nnnn2C(C)(C)C)n1. The first-order valence-corrected chi connectivity index (χ1v) is 7.41. The van der Waals surface area contributed by atoms with Crippen molar-refractivity contribution in [2.45, 2.75) is 63.4 Å². The van der Waals surface area contributed by atoms with Crippen LogP contribution in [0.5, 0.6) is 0 Å². The zero-order valence-electron chi connectivity index (χ0n) is 12.7. The topological polar surface area (TPSA) is 82.5 Å². The van der Waals surface area contributed by atoms with Gasteiger partial charge in [-0.25, -0.2) is 4.68 Å². The monoisotopic (exact) mass is 296 g/mol. The second-order valence-corrected chi connectivity index (χ2v) is 7.54. The molecule has 2 aromatic heterocycles. The first-order valence-electron chi connectivity index (χ1n) is 6.42. The van der Waals surface area contributed by atoms with Crippen LogP contribution in [0.3, 0.4) is 0 Å². The standard InChI is InChI=1S/C12H20N6OS/c1-11(2,3)9-13-8(19-15-9)7-20-10-14-16-17-18(10)12(4,5)6/h7H2,1-6H3. The van der Waals surface area contributed by atoms with Gasteiger partial charge in [0.1, 0.15) is 0 Å². The molecule has 0 amide bonds. The van der Waals surface area contributed by atoms with E-state index < -0.39 is 0 Å². The summed E-state index contributed by atoms with van der Waals surface area (Å²) < 4.78 is 7.05. The van der Waals surface area contributed by atoms with Crippen molar-refractivity contribution >= 4 is 11.8 Å². The third-order valence-electron chi connectivity index (χ3n) is 2.54. The molecule has 0 radical (unpaired) electrons. The lowest BCUT2D eigenvalue weighted by Gasteiger charge is -2.19. The van der Waals surface area contributed by atoms with Crippen molar-refractivity contribution in [2.75, 3.05) is 0 Å². The van der Waals surface area contributed by atoms with E-state index in [-0.39, 0.29) is 11.0 Å². The molecule has 0 fully saturated rings. The Balaban J connectivity index is 2.07.